The van der Waals surface area contributed by atoms with E-state index in [1.165, 1.54) is 11.3 Å². The van der Waals surface area contributed by atoms with E-state index in [1.54, 1.807) is 10.9 Å². The number of rotatable bonds is 5. The maximum atomic E-state index is 11.8. The zero-order valence-corrected chi connectivity index (χ0v) is 12.1. The summed E-state index contributed by atoms with van der Waals surface area (Å²) < 4.78 is 1.80. The number of nitrogens with one attached hydrogen (secondary N) is 1. The number of nitrogens with zero attached hydrogens (tertiary/aromatic N) is 3. The number of aromatic nitrogens is 3. The molecule has 0 aliphatic rings. The molecule has 3 rings (SSSR count). The Bertz CT molecular complexity index is 706. The third kappa shape index (κ3) is 3.35. The summed E-state index contributed by atoms with van der Waals surface area (Å²) >= 11 is 1.51. The van der Waals surface area contributed by atoms with Gasteiger partial charge in [-0.1, -0.05) is 6.07 Å². The molecule has 0 unspecified atom stereocenters. The summed E-state index contributed by atoms with van der Waals surface area (Å²) in [6.45, 7) is 1.17. The van der Waals surface area contributed by atoms with Gasteiger partial charge in [-0.3, -0.25) is 14.5 Å². The second kappa shape index (κ2) is 6.32. The van der Waals surface area contributed by atoms with Crippen LogP contribution in [0.15, 0.2) is 53.5 Å². The fourth-order valence-electron chi connectivity index (χ4n) is 1.92. The minimum absolute atomic E-state index is 0.0478. The van der Waals surface area contributed by atoms with Crippen molar-refractivity contribution in [3.63, 3.8) is 0 Å². The molecule has 0 spiro atoms. The van der Waals surface area contributed by atoms with E-state index in [4.69, 9.17) is 0 Å². The van der Waals surface area contributed by atoms with E-state index < -0.39 is 0 Å². The summed E-state index contributed by atoms with van der Waals surface area (Å²) in [5.74, 6) is -0.0478. The largest absolute Gasteiger partial charge is 0.350 e. The molecule has 5 nitrogen and oxygen atoms in total. The number of carbonyl (C=O) groups is 1. The van der Waals surface area contributed by atoms with Crippen molar-refractivity contribution >= 4 is 17.2 Å². The Morgan fingerprint density at radius 2 is 2.19 bits per heavy atom. The van der Waals surface area contributed by atoms with Crippen molar-refractivity contribution < 1.29 is 4.79 Å². The highest BCUT2D eigenvalue weighted by atomic mass is 32.1. The summed E-state index contributed by atoms with van der Waals surface area (Å²) in [5, 5.41) is 11.0. The Hall–Kier alpha value is -2.47. The molecule has 6 heteroatoms. The predicted molar refractivity (Wildman–Crippen MR) is 82.1 cm³/mol. The van der Waals surface area contributed by atoms with Gasteiger partial charge in [0.1, 0.15) is 5.69 Å². The van der Waals surface area contributed by atoms with Crippen LogP contribution in [0, 0.1) is 0 Å². The highest BCUT2D eigenvalue weighted by Gasteiger charge is 2.06. The second-order valence-corrected chi connectivity index (χ2v) is 5.23. The maximum Gasteiger partial charge on any atom is 0.252 e. The summed E-state index contributed by atoms with van der Waals surface area (Å²) in [7, 11) is 0. The molecule has 1 N–H and O–H groups in total. The van der Waals surface area contributed by atoms with Crippen LogP contribution < -0.4 is 5.32 Å². The van der Waals surface area contributed by atoms with E-state index in [1.807, 2.05) is 47.3 Å². The van der Waals surface area contributed by atoms with Crippen molar-refractivity contribution in [3.8, 4) is 11.4 Å². The molecule has 0 saturated carbocycles. The van der Waals surface area contributed by atoms with Gasteiger partial charge < -0.3 is 5.32 Å². The zero-order valence-electron chi connectivity index (χ0n) is 11.3. The monoisotopic (exact) mass is 298 g/mol. The smallest absolute Gasteiger partial charge is 0.252 e. The van der Waals surface area contributed by atoms with Gasteiger partial charge in [-0.2, -0.15) is 16.4 Å². The number of hydrogen-bond donors (Lipinski definition) is 1. The molecular weight excluding hydrogens is 284 g/mol. The maximum absolute atomic E-state index is 11.8. The highest BCUT2D eigenvalue weighted by molar-refractivity contribution is 7.08. The SMILES string of the molecule is O=C(NCCn1ccc(-c2ccccn2)n1)c1ccsc1. The Morgan fingerprint density at radius 3 is 2.95 bits per heavy atom. The van der Waals surface area contributed by atoms with Crippen LogP contribution >= 0.6 is 11.3 Å². The quantitative estimate of drug-likeness (QED) is 0.787. The fourth-order valence-corrected chi connectivity index (χ4v) is 2.55. The minimum Gasteiger partial charge on any atom is -0.350 e. The van der Waals surface area contributed by atoms with E-state index in [0.717, 1.165) is 11.4 Å². The van der Waals surface area contributed by atoms with Gasteiger partial charge in [0.25, 0.3) is 5.91 Å². The van der Waals surface area contributed by atoms with Crippen LogP contribution in [-0.2, 0) is 6.54 Å². The first-order valence-electron chi connectivity index (χ1n) is 6.58. The number of hydrogen-bond acceptors (Lipinski definition) is 4. The van der Waals surface area contributed by atoms with Crippen LogP contribution in [0.3, 0.4) is 0 Å². The molecule has 0 aromatic carbocycles. The summed E-state index contributed by atoms with van der Waals surface area (Å²) in [4.78, 5) is 16.0. The van der Waals surface area contributed by atoms with Gasteiger partial charge in [0, 0.05) is 29.9 Å². The van der Waals surface area contributed by atoms with Gasteiger partial charge in [-0.15, -0.1) is 0 Å². The van der Waals surface area contributed by atoms with E-state index in [2.05, 4.69) is 15.4 Å². The van der Waals surface area contributed by atoms with Crippen LogP contribution in [0.5, 0.6) is 0 Å². The Labute approximate surface area is 126 Å². The molecule has 0 bridgehead atoms. The Morgan fingerprint density at radius 1 is 1.24 bits per heavy atom. The van der Waals surface area contributed by atoms with Crippen LogP contribution in [0.4, 0.5) is 0 Å². The van der Waals surface area contributed by atoms with Gasteiger partial charge in [-0.05, 0) is 29.6 Å². The minimum atomic E-state index is -0.0478. The van der Waals surface area contributed by atoms with E-state index >= 15 is 0 Å². The van der Waals surface area contributed by atoms with Gasteiger partial charge in [0.2, 0.25) is 0 Å². The van der Waals surface area contributed by atoms with Gasteiger partial charge in [-0.25, -0.2) is 0 Å². The van der Waals surface area contributed by atoms with Crippen LogP contribution in [0.25, 0.3) is 11.4 Å². The lowest BCUT2D eigenvalue weighted by molar-refractivity contribution is 0.0952. The molecule has 3 aromatic heterocycles. The molecule has 0 atom stereocenters. The molecule has 3 heterocycles. The lowest BCUT2D eigenvalue weighted by Crippen LogP contribution is -2.26. The zero-order chi connectivity index (χ0) is 14.5. The third-order valence-electron chi connectivity index (χ3n) is 2.98. The summed E-state index contributed by atoms with van der Waals surface area (Å²) in [5.41, 5.74) is 2.38. The Balaban J connectivity index is 1.55. The van der Waals surface area contributed by atoms with Crippen molar-refractivity contribution in [2.45, 2.75) is 6.54 Å². The molecule has 106 valence electrons. The lowest BCUT2D eigenvalue weighted by atomic mass is 10.3. The first-order valence-corrected chi connectivity index (χ1v) is 7.52. The van der Waals surface area contributed by atoms with Crippen molar-refractivity contribution in [1.29, 1.82) is 0 Å². The van der Waals surface area contributed by atoms with Gasteiger partial charge in [0.05, 0.1) is 12.2 Å². The van der Waals surface area contributed by atoms with E-state index in [9.17, 15) is 4.79 Å². The summed E-state index contributed by atoms with van der Waals surface area (Å²) in [6.07, 6.45) is 3.64. The van der Waals surface area contributed by atoms with Gasteiger partial charge in [0.15, 0.2) is 0 Å². The third-order valence-corrected chi connectivity index (χ3v) is 3.66. The molecule has 0 aliphatic carbocycles. The highest BCUT2D eigenvalue weighted by Crippen LogP contribution is 2.12. The predicted octanol–water partition coefficient (Wildman–Crippen LogP) is 2.44. The van der Waals surface area contributed by atoms with Crippen molar-refractivity contribution in [2.24, 2.45) is 0 Å². The van der Waals surface area contributed by atoms with Crippen molar-refractivity contribution in [1.82, 2.24) is 20.1 Å². The number of amides is 1. The first kappa shape index (κ1) is 13.5. The van der Waals surface area contributed by atoms with E-state index in [0.29, 0.717) is 18.7 Å². The molecule has 1 amide bonds. The van der Waals surface area contributed by atoms with Crippen LogP contribution in [-0.4, -0.2) is 27.2 Å². The molecule has 0 saturated heterocycles. The second-order valence-electron chi connectivity index (χ2n) is 4.45. The molecule has 0 fully saturated rings. The Kier molecular flexibility index (Phi) is 4.07. The van der Waals surface area contributed by atoms with Crippen molar-refractivity contribution in [2.75, 3.05) is 6.54 Å². The summed E-state index contributed by atoms with van der Waals surface area (Å²) in [6, 6.07) is 9.46. The molecule has 3 aromatic rings. The number of thiophene rings is 1. The number of pyridine rings is 1. The molecule has 21 heavy (non-hydrogen) atoms. The van der Waals surface area contributed by atoms with Crippen LogP contribution in [0.1, 0.15) is 10.4 Å². The van der Waals surface area contributed by atoms with Gasteiger partial charge >= 0.3 is 0 Å². The van der Waals surface area contributed by atoms with E-state index in [-0.39, 0.29) is 5.91 Å². The fraction of sp³-hybridized carbons (Fsp3) is 0.133. The molecule has 0 aliphatic heterocycles. The van der Waals surface area contributed by atoms with Crippen LogP contribution in [0.2, 0.25) is 0 Å². The lowest BCUT2D eigenvalue weighted by Gasteiger charge is -2.04. The molecular formula is C15H14N4OS. The number of carbonyl (C=O) groups excluding carboxylic acids is 1. The average Bonchev–Trinajstić information content (AvgIpc) is 3.20. The van der Waals surface area contributed by atoms with Crippen molar-refractivity contribution in [3.05, 3.63) is 59.0 Å². The molecule has 0 radical (unpaired) electrons. The first-order chi connectivity index (χ1) is 10.3. The average molecular weight is 298 g/mol. The normalized spacial score (nSPS) is 10.5. The standard InChI is InChI=1S/C15H14N4OS/c20-15(12-5-10-21-11-12)17-7-9-19-8-4-14(18-19)13-3-1-2-6-16-13/h1-6,8,10-11H,7,9H2,(H,17,20). The topological polar surface area (TPSA) is 59.8 Å².